The highest BCUT2D eigenvalue weighted by Crippen LogP contribution is 2.38. The highest BCUT2D eigenvalue weighted by molar-refractivity contribution is 5.52. The van der Waals surface area contributed by atoms with Crippen molar-refractivity contribution in [3.63, 3.8) is 0 Å². The van der Waals surface area contributed by atoms with E-state index in [0.29, 0.717) is 18.0 Å². The summed E-state index contributed by atoms with van der Waals surface area (Å²) in [6.45, 7) is 5.31. The molecule has 0 bridgehead atoms. The Labute approximate surface area is 110 Å². The quantitative estimate of drug-likeness (QED) is 0.893. The van der Waals surface area contributed by atoms with Crippen LogP contribution in [-0.2, 0) is 6.54 Å². The Hall–Kier alpha value is -1.09. The van der Waals surface area contributed by atoms with E-state index in [4.69, 9.17) is 5.73 Å². The molecule has 0 saturated heterocycles. The Balaban J connectivity index is 2.10. The topological polar surface area (TPSA) is 42.2 Å². The van der Waals surface area contributed by atoms with E-state index in [9.17, 15) is 0 Å². The molecule has 1 saturated carbocycles. The molecule has 0 amide bonds. The van der Waals surface area contributed by atoms with Gasteiger partial charge in [0.25, 0.3) is 0 Å². The largest absolute Gasteiger partial charge is 0.371 e. The molecule has 1 aliphatic rings. The van der Waals surface area contributed by atoms with Gasteiger partial charge in [-0.25, -0.2) is 0 Å². The molecule has 0 atom stereocenters. The van der Waals surface area contributed by atoms with Crippen molar-refractivity contribution in [1.29, 1.82) is 0 Å². The molecule has 18 heavy (non-hydrogen) atoms. The fourth-order valence-electron chi connectivity index (χ4n) is 2.89. The summed E-state index contributed by atoms with van der Waals surface area (Å²) >= 11 is 0. The van der Waals surface area contributed by atoms with Crippen LogP contribution in [0.15, 0.2) is 18.5 Å². The fraction of sp³-hybridized carbons (Fsp3) is 0.667. The van der Waals surface area contributed by atoms with Gasteiger partial charge < -0.3 is 10.6 Å². The maximum absolute atomic E-state index is 5.79. The maximum atomic E-state index is 5.79. The van der Waals surface area contributed by atoms with Gasteiger partial charge in [-0.3, -0.25) is 4.98 Å². The highest BCUT2D eigenvalue weighted by Gasteiger charge is 2.29. The third kappa shape index (κ3) is 2.83. The number of anilines is 1. The molecule has 3 nitrogen and oxygen atoms in total. The molecule has 0 spiro atoms. The molecule has 3 heteroatoms. The minimum Gasteiger partial charge on any atom is -0.371 e. The van der Waals surface area contributed by atoms with E-state index in [2.05, 4.69) is 36.8 Å². The van der Waals surface area contributed by atoms with Gasteiger partial charge in [-0.1, -0.05) is 13.8 Å². The lowest BCUT2D eigenvalue weighted by atomic mass is 9.75. The molecule has 2 N–H and O–H groups in total. The van der Waals surface area contributed by atoms with E-state index >= 15 is 0 Å². The van der Waals surface area contributed by atoms with E-state index < -0.39 is 0 Å². The monoisotopic (exact) mass is 247 g/mol. The second-order valence-electron chi connectivity index (χ2n) is 6.21. The first-order valence-electron chi connectivity index (χ1n) is 6.89. The lowest BCUT2D eigenvalue weighted by Crippen LogP contribution is -2.37. The molecule has 100 valence electrons. The van der Waals surface area contributed by atoms with Crippen molar-refractivity contribution in [1.82, 2.24) is 4.98 Å². The normalized spacial score (nSPS) is 19.8. The van der Waals surface area contributed by atoms with E-state index in [1.807, 2.05) is 12.4 Å². The first-order valence-corrected chi connectivity index (χ1v) is 6.89. The Morgan fingerprint density at radius 3 is 2.67 bits per heavy atom. The SMILES string of the molecule is CN(c1ccncc1CN)C1CCC(C)(C)CC1. The van der Waals surface area contributed by atoms with Crippen molar-refractivity contribution >= 4 is 5.69 Å². The summed E-state index contributed by atoms with van der Waals surface area (Å²) < 4.78 is 0. The number of hydrogen-bond donors (Lipinski definition) is 1. The van der Waals surface area contributed by atoms with Crippen LogP contribution in [0.25, 0.3) is 0 Å². The predicted octanol–water partition coefficient (Wildman–Crippen LogP) is 2.95. The molecule has 1 fully saturated rings. The molecule has 1 aliphatic carbocycles. The van der Waals surface area contributed by atoms with Crippen molar-refractivity contribution in [3.8, 4) is 0 Å². The lowest BCUT2D eigenvalue weighted by molar-refractivity contribution is 0.222. The van der Waals surface area contributed by atoms with Gasteiger partial charge in [0, 0.05) is 43.3 Å². The molecule has 2 rings (SSSR count). The van der Waals surface area contributed by atoms with Gasteiger partial charge in [-0.05, 0) is 37.2 Å². The average molecular weight is 247 g/mol. The summed E-state index contributed by atoms with van der Waals surface area (Å²) in [6.07, 6.45) is 8.91. The number of pyridine rings is 1. The van der Waals surface area contributed by atoms with E-state index in [1.165, 1.54) is 31.4 Å². The van der Waals surface area contributed by atoms with Gasteiger partial charge in [0.2, 0.25) is 0 Å². The number of nitrogens with zero attached hydrogens (tertiary/aromatic N) is 2. The minimum absolute atomic E-state index is 0.520. The second kappa shape index (κ2) is 5.27. The summed E-state index contributed by atoms with van der Waals surface area (Å²) in [5.74, 6) is 0. The summed E-state index contributed by atoms with van der Waals surface area (Å²) in [5, 5.41) is 0. The number of hydrogen-bond acceptors (Lipinski definition) is 3. The number of nitrogens with two attached hydrogens (primary N) is 1. The Kier molecular flexibility index (Phi) is 3.91. The fourth-order valence-corrected chi connectivity index (χ4v) is 2.89. The first kappa shape index (κ1) is 13.3. The van der Waals surface area contributed by atoms with Crippen molar-refractivity contribution in [2.75, 3.05) is 11.9 Å². The van der Waals surface area contributed by atoms with Gasteiger partial charge in [-0.2, -0.15) is 0 Å². The zero-order valence-corrected chi connectivity index (χ0v) is 11.8. The number of rotatable bonds is 3. The minimum atomic E-state index is 0.520. The van der Waals surface area contributed by atoms with Crippen LogP contribution in [0, 0.1) is 5.41 Å². The van der Waals surface area contributed by atoms with E-state index in [1.54, 1.807) is 0 Å². The van der Waals surface area contributed by atoms with Crippen molar-refractivity contribution < 1.29 is 0 Å². The standard InChI is InChI=1S/C15H25N3/c1-15(2)7-4-13(5-8-15)18(3)14-6-9-17-11-12(14)10-16/h6,9,11,13H,4-5,7-8,10,16H2,1-3H3. The van der Waals surface area contributed by atoms with Crippen LogP contribution in [0.4, 0.5) is 5.69 Å². The summed E-state index contributed by atoms with van der Waals surface area (Å²) in [7, 11) is 2.19. The van der Waals surface area contributed by atoms with Crippen LogP contribution in [-0.4, -0.2) is 18.1 Å². The molecule has 1 aromatic heterocycles. The number of aromatic nitrogens is 1. The van der Waals surface area contributed by atoms with Gasteiger partial charge >= 0.3 is 0 Å². The zero-order chi connectivity index (χ0) is 13.2. The van der Waals surface area contributed by atoms with Crippen molar-refractivity contribution in [2.24, 2.45) is 11.1 Å². The molecule has 0 aromatic carbocycles. The molecular formula is C15H25N3. The Morgan fingerprint density at radius 2 is 2.06 bits per heavy atom. The second-order valence-corrected chi connectivity index (χ2v) is 6.21. The summed E-state index contributed by atoms with van der Waals surface area (Å²) in [5.41, 5.74) is 8.71. The first-order chi connectivity index (χ1) is 8.53. The van der Waals surface area contributed by atoms with Gasteiger partial charge in [0.15, 0.2) is 0 Å². The predicted molar refractivity (Wildman–Crippen MR) is 76.6 cm³/mol. The van der Waals surface area contributed by atoms with Crippen molar-refractivity contribution in [2.45, 2.75) is 52.1 Å². The van der Waals surface area contributed by atoms with Crippen LogP contribution in [0.2, 0.25) is 0 Å². The van der Waals surface area contributed by atoms with E-state index in [0.717, 1.165) is 5.56 Å². The maximum Gasteiger partial charge on any atom is 0.0442 e. The highest BCUT2D eigenvalue weighted by atomic mass is 15.1. The molecular weight excluding hydrogens is 222 g/mol. The van der Waals surface area contributed by atoms with Crippen LogP contribution < -0.4 is 10.6 Å². The summed E-state index contributed by atoms with van der Waals surface area (Å²) in [4.78, 5) is 6.56. The van der Waals surface area contributed by atoms with Crippen LogP contribution in [0.3, 0.4) is 0 Å². The van der Waals surface area contributed by atoms with Crippen LogP contribution in [0.5, 0.6) is 0 Å². The average Bonchev–Trinajstić information content (AvgIpc) is 2.38. The van der Waals surface area contributed by atoms with Gasteiger partial charge in [0.05, 0.1) is 0 Å². The third-order valence-corrected chi connectivity index (χ3v) is 4.33. The lowest BCUT2D eigenvalue weighted by Gasteiger charge is -2.40. The molecule has 1 heterocycles. The molecule has 1 aromatic rings. The molecule has 0 unspecified atom stereocenters. The zero-order valence-electron chi connectivity index (χ0n) is 11.8. The van der Waals surface area contributed by atoms with Crippen molar-refractivity contribution in [3.05, 3.63) is 24.0 Å². The molecule has 0 aliphatic heterocycles. The Bertz CT molecular complexity index is 390. The third-order valence-electron chi connectivity index (χ3n) is 4.33. The van der Waals surface area contributed by atoms with Gasteiger partial charge in [-0.15, -0.1) is 0 Å². The van der Waals surface area contributed by atoms with Gasteiger partial charge in [0.1, 0.15) is 0 Å². The van der Waals surface area contributed by atoms with Crippen LogP contribution >= 0.6 is 0 Å². The summed E-state index contributed by atoms with van der Waals surface area (Å²) in [6, 6.07) is 2.73. The molecule has 0 radical (unpaired) electrons. The van der Waals surface area contributed by atoms with Crippen LogP contribution in [0.1, 0.15) is 45.1 Å². The Morgan fingerprint density at radius 1 is 1.39 bits per heavy atom. The van der Waals surface area contributed by atoms with E-state index in [-0.39, 0.29) is 0 Å². The smallest absolute Gasteiger partial charge is 0.0442 e.